The fourth-order valence-electron chi connectivity index (χ4n) is 12.0. The Kier molecular flexibility index (Phi) is 31.4. The van der Waals surface area contributed by atoms with Crippen molar-refractivity contribution in [1.82, 2.24) is 0 Å². The van der Waals surface area contributed by atoms with E-state index in [1.807, 2.05) is 208 Å². The predicted octanol–water partition coefficient (Wildman–Crippen LogP) is 22.1. The lowest BCUT2D eigenvalue weighted by Gasteiger charge is -2.32. The van der Waals surface area contributed by atoms with Crippen LogP contribution >= 0.6 is 0 Å². The molecular weight excluding hydrogens is 1420 g/mol. The number of benzene rings is 4. The van der Waals surface area contributed by atoms with Crippen molar-refractivity contribution in [3.63, 3.8) is 0 Å². The van der Waals surface area contributed by atoms with Crippen LogP contribution in [0.3, 0.4) is 0 Å². The topological polar surface area (TPSA) is 247 Å². The molecule has 20 nitrogen and oxygen atoms in total. The molecule has 0 atom stereocenters. The first-order valence-electron chi connectivity index (χ1n) is 39.4. The zero-order valence-electron chi connectivity index (χ0n) is 74.8. The van der Waals surface area contributed by atoms with E-state index in [2.05, 4.69) is 0 Å². The second-order valence-electron chi connectivity index (χ2n) is 41.4. The van der Waals surface area contributed by atoms with Crippen LogP contribution in [-0.2, 0) is 121 Å². The highest BCUT2D eigenvalue weighted by Crippen LogP contribution is 2.46. The molecule has 0 radical (unpaired) electrons. The van der Waals surface area contributed by atoms with Crippen LogP contribution in [0.15, 0.2) is 48.5 Å². The highest BCUT2D eigenvalue weighted by atomic mass is 16.8. The van der Waals surface area contributed by atoms with Crippen LogP contribution in [0, 0.1) is 5.41 Å². The average molecular weight is 1560 g/mol. The van der Waals surface area contributed by atoms with E-state index in [0.717, 1.165) is 27.8 Å². The molecule has 0 aliphatic rings. The third kappa shape index (κ3) is 31.3. The van der Waals surface area contributed by atoms with Crippen molar-refractivity contribution < 1.29 is 95.2 Å². The third-order valence-electron chi connectivity index (χ3n) is 17.8. The highest BCUT2D eigenvalue weighted by Gasteiger charge is 2.41. The Balaban J connectivity index is 1.92. The number of hydrogen-bond acceptors (Lipinski definition) is 20. The molecule has 4 aromatic carbocycles. The molecule has 0 aliphatic heterocycles. The minimum Gasteiger partial charge on any atom is -0.465 e. The van der Waals surface area contributed by atoms with E-state index < -0.39 is 141 Å². The van der Waals surface area contributed by atoms with Gasteiger partial charge in [0.05, 0.1) is 0 Å². The minimum atomic E-state index is -1.74. The lowest BCUT2D eigenvalue weighted by atomic mass is 9.78. The van der Waals surface area contributed by atoms with Crippen LogP contribution in [0.2, 0.25) is 0 Å². The maximum Gasteiger partial charge on any atom is 0.514 e. The summed E-state index contributed by atoms with van der Waals surface area (Å²) in [4.78, 5) is 112. The van der Waals surface area contributed by atoms with Gasteiger partial charge >= 0.3 is 48.5 Å². The van der Waals surface area contributed by atoms with Crippen LogP contribution in [0.1, 0.15) is 341 Å². The molecule has 626 valence electrons. The van der Waals surface area contributed by atoms with E-state index in [1.165, 1.54) is 0 Å². The van der Waals surface area contributed by atoms with Crippen LogP contribution < -0.4 is 18.9 Å². The van der Waals surface area contributed by atoms with Crippen LogP contribution in [0.5, 0.6) is 23.0 Å². The molecule has 0 amide bonds. The van der Waals surface area contributed by atoms with E-state index >= 15 is 0 Å². The summed E-state index contributed by atoms with van der Waals surface area (Å²) in [5.74, 6) is -1.40. The van der Waals surface area contributed by atoms with E-state index in [-0.39, 0.29) is 57.3 Å². The smallest absolute Gasteiger partial charge is 0.465 e. The van der Waals surface area contributed by atoms with Crippen molar-refractivity contribution in [2.24, 2.45) is 5.41 Å². The molecule has 4 rings (SSSR count). The molecule has 0 unspecified atom stereocenters. The summed E-state index contributed by atoms with van der Waals surface area (Å²) >= 11 is 0. The minimum absolute atomic E-state index is 0.132. The summed E-state index contributed by atoms with van der Waals surface area (Å²) in [5.41, 5.74) is -0.257. The number of ether oxygens (including phenoxy) is 12. The van der Waals surface area contributed by atoms with Gasteiger partial charge in [-0.3, -0.25) is 19.2 Å². The number of esters is 4. The second-order valence-corrected chi connectivity index (χ2v) is 41.4. The maximum absolute atomic E-state index is 14.6. The first-order chi connectivity index (χ1) is 50.5. The number of carbonyl (C=O) groups is 8. The summed E-state index contributed by atoms with van der Waals surface area (Å²) < 4.78 is 71.6. The SMILES string of the molecule is CC(C)c1cc(CCC(=O)OCC(COC(=O)CCc2cc(C(C)(C)C)c(OC(=O)OC(C)(C)C)c(C(C)(C)C)c2)(COC(=O)CCc2cc(C(C)(C)C)c(OC(=O)OC(C)(C)C)c(C(C)(C)C)c2)COC(=O)CCc2cc(C(C)(C)C)c(OC(=O)OC(C)(C)C)c(C(C)(C)C)c2)cc(C(C)(C)C)c1OC(=O)OC(C)(C)C. The van der Waals surface area contributed by atoms with Crippen LogP contribution in [0.25, 0.3) is 0 Å². The van der Waals surface area contributed by atoms with Crippen molar-refractivity contribution >= 4 is 48.5 Å². The van der Waals surface area contributed by atoms with Crippen molar-refractivity contribution in [3.05, 3.63) is 115 Å². The number of rotatable bonds is 25. The van der Waals surface area contributed by atoms with Crippen molar-refractivity contribution in [3.8, 4) is 23.0 Å². The number of carbonyl (C=O) groups excluding carboxylic acids is 8. The van der Waals surface area contributed by atoms with Gasteiger partial charge in [0.15, 0.2) is 0 Å². The third-order valence-corrected chi connectivity index (χ3v) is 17.8. The molecule has 4 aromatic rings. The summed E-state index contributed by atoms with van der Waals surface area (Å²) in [6.07, 6.45) is -3.44. The Labute approximate surface area is 670 Å². The Morgan fingerprint density at radius 1 is 0.259 bits per heavy atom. The number of hydrogen-bond donors (Lipinski definition) is 0. The Morgan fingerprint density at radius 2 is 0.429 bits per heavy atom. The molecule has 0 aliphatic carbocycles. The van der Waals surface area contributed by atoms with Gasteiger partial charge in [-0.2, -0.15) is 0 Å². The lowest BCUT2D eigenvalue weighted by Crippen LogP contribution is -2.44. The fourth-order valence-corrected chi connectivity index (χ4v) is 12.0. The second kappa shape index (κ2) is 36.5. The molecule has 0 N–H and O–H groups in total. The van der Waals surface area contributed by atoms with Gasteiger partial charge in [-0.25, -0.2) is 19.2 Å². The zero-order chi connectivity index (χ0) is 86.1. The van der Waals surface area contributed by atoms with Gasteiger partial charge in [0.25, 0.3) is 0 Å². The lowest BCUT2D eigenvalue weighted by molar-refractivity contribution is -0.170. The zero-order valence-corrected chi connectivity index (χ0v) is 74.8. The van der Waals surface area contributed by atoms with Crippen molar-refractivity contribution in [2.45, 2.75) is 360 Å². The molecule has 0 saturated carbocycles. The van der Waals surface area contributed by atoms with Crippen LogP contribution in [0.4, 0.5) is 19.2 Å². The van der Waals surface area contributed by atoms with Gasteiger partial charge < -0.3 is 56.8 Å². The largest absolute Gasteiger partial charge is 0.514 e. The number of aryl methyl sites for hydroxylation is 4. The van der Waals surface area contributed by atoms with Gasteiger partial charge in [0.2, 0.25) is 0 Å². The first kappa shape index (κ1) is 96.2. The fraction of sp³-hybridized carbons (Fsp3) is 0.652. The Morgan fingerprint density at radius 3 is 0.598 bits per heavy atom. The quantitative estimate of drug-likeness (QED) is 0.0340. The molecule has 0 saturated heterocycles. The molecule has 0 aromatic heterocycles. The van der Waals surface area contributed by atoms with Gasteiger partial charge in [0.1, 0.15) is 77.2 Å². The molecule has 0 fully saturated rings. The summed E-state index contributed by atoms with van der Waals surface area (Å²) in [6, 6.07) is 15.2. The van der Waals surface area contributed by atoms with Gasteiger partial charge in [-0.15, -0.1) is 0 Å². The first-order valence-corrected chi connectivity index (χ1v) is 39.4. The maximum atomic E-state index is 14.6. The molecule has 0 bridgehead atoms. The normalized spacial score (nSPS) is 13.0. The highest BCUT2D eigenvalue weighted by molar-refractivity contribution is 5.74. The van der Waals surface area contributed by atoms with Gasteiger partial charge in [0, 0.05) is 64.6 Å². The van der Waals surface area contributed by atoms with E-state index in [9.17, 15) is 38.4 Å². The average Bonchev–Trinajstić information content (AvgIpc) is 0.692. The summed E-state index contributed by atoms with van der Waals surface area (Å²) in [7, 11) is 0. The monoisotopic (exact) mass is 1560 g/mol. The van der Waals surface area contributed by atoms with E-state index in [4.69, 9.17) is 56.8 Å². The van der Waals surface area contributed by atoms with E-state index in [0.29, 0.717) is 61.9 Å². The molecular formula is C92H138O20. The Bertz CT molecular complexity index is 3570. The molecule has 0 spiro atoms. The van der Waals surface area contributed by atoms with E-state index in [1.54, 1.807) is 83.1 Å². The van der Waals surface area contributed by atoms with Gasteiger partial charge in [-0.1, -0.05) is 208 Å². The van der Waals surface area contributed by atoms with Crippen LogP contribution in [-0.4, -0.2) is 97.3 Å². The standard InChI is InChI=1S/C92H138O20/c1-56(2)61-44-57(45-62(81(3,4)5)73(61)105-77(97)109-88(24,25)26)36-40-69(93)101-52-92(53-102-70(94)41-37-58-46-63(82(6,7)8)74(64(47-58)83(9,10)11)106-78(98)110-89(27,28)29,54-103-71(95)42-38-59-48-65(84(12,13)14)75(66(49-59)85(15,16)17)107-79(99)111-90(30,31)32)55-104-72(96)43-39-60-50-67(86(18,19)20)76(68(51-60)87(21,22)23)108-80(100)112-91(33,34)35/h44-51,56H,36-43,52-55H2,1-35H3. The molecule has 20 heteroatoms. The molecule has 112 heavy (non-hydrogen) atoms. The summed E-state index contributed by atoms with van der Waals surface area (Å²) in [5, 5.41) is 0. The van der Waals surface area contributed by atoms with Crippen molar-refractivity contribution in [1.29, 1.82) is 0 Å². The van der Waals surface area contributed by atoms with Crippen molar-refractivity contribution in [2.75, 3.05) is 26.4 Å². The Hall–Kier alpha value is -8.16. The predicted molar refractivity (Wildman–Crippen MR) is 438 cm³/mol. The van der Waals surface area contributed by atoms with Gasteiger partial charge in [-0.05, 0) is 180 Å². The summed E-state index contributed by atoms with van der Waals surface area (Å²) in [6.45, 7) is 64.7. The molecule has 0 heterocycles.